The van der Waals surface area contributed by atoms with Gasteiger partial charge in [-0.1, -0.05) is 56.3 Å². The number of carbonyl (C=O) groups excluding carboxylic acids is 1. The van der Waals surface area contributed by atoms with E-state index in [4.69, 9.17) is 0 Å². The third kappa shape index (κ3) is 2.84. The van der Waals surface area contributed by atoms with Crippen molar-refractivity contribution >= 4 is 17.6 Å². The number of carboxylic acid groups (broad SMARTS) is 1. The number of rotatable bonds is 5. The summed E-state index contributed by atoms with van der Waals surface area (Å²) in [6.45, 7) is 4.63. The molecule has 2 atom stereocenters. The lowest BCUT2D eigenvalue weighted by molar-refractivity contribution is -0.121. The molecule has 1 spiro atoms. The predicted octanol–water partition coefficient (Wildman–Crippen LogP) is 5.04. The van der Waals surface area contributed by atoms with Gasteiger partial charge in [0.1, 0.15) is 0 Å². The van der Waals surface area contributed by atoms with Gasteiger partial charge in [-0.05, 0) is 59.4 Å². The second-order valence-electron chi connectivity index (χ2n) is 9.31. The van der Waals surface area contributed by atoms with Crippen LogP contribution in [-0.2, 0) is 22.2 Å². The monoisotopic (exact) mass is 436 g/mol. The van der Waals surface area contributed by atoms with E-state index in [1.165, 1.54) is 0 Å². The van der Waals surface area contributed by atoms with Gasteiger partial charge < -0.3 is 10.0 Å². The summed E-state index contributed by atoms with van der Waals surface area (Å²) < 4.78 is 0. The van der Waals surface area contributed by atoms with Crippen molar-refractivity contribution < 1.29 is 14.7 Å². The van der Waals surface area contributed by atoms with E-state index < -0.39 is 11.4 Å². The quantitative estimate of drug-likeness (QED) is 0.608. The number of amides is 1. The molecule has 1 aliphatic carbocycles. The first-order valence-electron chi connectivity index (χ1n) is 11.1. The summed E-state index contributed by atoms with van der Waals surface area (Å²) in [5, 5.41) is 18.6. The molecule has 33 heavy (non-hydrogen) atoms. The van der Waals surface area contributed by atoms with Crippen LogP contribution in [0.5, 0.6) is 0 Å². The van der Waals surface area contributed by atoms with Gasteiger partial charge in [0.05, 0.1) is 29.2 Å². The van der Waals surface area contributed by atoms with Crippen molar-refractivity contribution in [3.05, 3.63) is 101 Å². The molecule has 0 saturated heterocycles. The number of aromatic carboxylic acids is 1. The molecule has 3 aromatic rings. The predicted molar refractivity (Wildman–Crippen MR) is 125 cm³/mol. The van der Waals surface area contributed by atoms with Crippen molar-refractivity contribution in [3.63, 3.8) is 0 Å². The fraction of sp³-hybridized carbons (Fsp3) is 0.250. The maximum atomic E-state index is 14.1. The molecule has 3 aromatic carbocycles. The normalized spacial score (nSPS) is 23.0. The molecular weight excluding hydrogens is 412 g/mol. The number of carboxylic acids is 1. The van der Waals surface area contributed by atoms with E-state index in [2.05, 4.69) is 26.0 Å². The molecule has 0 radical (unpaired) electrons. The van der Waals surface area contributed by atoms with Crippen LogP contribution in [0.25, 0.3) is 0 Å². The smallest absolute Gasteiger partial charge is 0.335 e. The first-order chi connectivity index (χ1) is 15.8. The van der Waals surface area contributed by atoms with Crippen LogP contribution in [-0.4, -0.2) is 17.0 Å². The van der Waals surface area contributed by atoms with E-state index in [-0.39, 0.29) is 22.8 Å². The van der Waals surface area contributed by atoms with E-state index >= 15 is 0 Å². The van der Waals surface area contributed by atoms with Gasteiger partial charge in [0.25, 0.3) is 0 Å². The third-order valence-electron chi connectivity index (χ3n) is 7.47. The Hall–Kier alpha value is -3.91. The Morgan fingerprint density at radius 2 is 1.82 bits per heavy atom. The molecule has 5 heteroatoms. The van der Waals surface area contributed by atoms with Crippen LogP contribution in [0.1, 0.15) is 52.9 Å². The number of nitrogens with zero attached hydrogens (tertiary/aromatic N) is 2. The van der Waals surface area contributed by atoms with Gasteiger partial charge >= 0.3 is 5.97 Å². The molecule has 1 heterocycles. The molecule has 0 bridgehead atoms. The number of para-hydroxylation sites is 1. The van der Waals surface area contributed by atoms with Gasteiger partial charge in [-0.2, -0.15) is 5.26 Å². The van der Waals surface area contributed by atoms with Crippen LogP contribution < -0.4 is 4.90 Å². The summed E-state index contributed by atoms with van der Waals surface area (Å²) in [4.78, 5) is 27.4. The topological polar surface area (TPSA) is 81.4 Å². The molecule has 164 valence electrons. The molecule has 1 amide bonds. The minimum absolute atomic E-state index is 0.0579. The number of fused-ring (bicyclic) bond motifs is 2. The molecule has 0 aromatic heterocycles. The van der Waals surface area contributed by atoms with E-state index in [1.54, 1.807) is 18.2 Å². The van der Waals surface area contributed by atoms with E-state index in [1.807, 2.05) is 53.4 Å². The number of carbonyl (C=O) groups is 2. The summed E-state index contributed by atoms with van der Waals surface area (Å²) in [6, 6.07) is 24.5. The van der Waals surface area contributed by atoms with Crippen molar-refractivity contribution in [1.82, 2.24) is 0 Å². The number of anilines is 1. The molecule has 1 aliphatic heterocycles. The molecule has 2 aliphatic rings. The Balaban J connectivity index is 1.60. The van der Waals surface area contributed by atoms with Crippen LogP contribution in [0.15, 0.2) is 72.8 Å². The summed E-state index contributed by atoms with van der Waals surface area (Å²) in [7, 11) is 0. The maximum absolute atomic E-state index is 14.1. The van der Waals surface area contributed by atoms with Crippen molar-refractivity contribution in [2.75, 3.05) is 4.90 Å². The molecule has 5 nitrogen and oxygen atoms in total. The lowest BCUT2D eigenvalue weighted by atomic mass is 9.75. The van der Waals surface area contributed by atoms with E-state index in [9.17, 15) is 20.0 Å². The Bertz CT molecular complexity index is 1320. The van der Waals surface area contributed by atoms with E-state index in [0.717, 1.165) is 22.4 Å². The Morgan fingerprint density at radius 1 is 1.09 bits per heavy atom. The molecule has 1 N–H and O–H groups in total. The fourth-order valence-corrected chi connectivity index (χ4v) is 5.86. The third-order valence-corrected chi connectivity index (χ3v) is 7.47. The van der Waals surface area contributed by atoms with Crippen molar-refractivity contribution in [1.29, 1.82) is 5.26 Å². The molecular formula is C28H24N2O3. The fourth-order valence-electron chi connectivity index (χ4n) is 5.86. The maximum Gasteiger partial charge on any atom is 0.335 e. The minimum Gasteiger partial charge on any atom is -0.478 e. The lowest BCUT2D eigenvalue weighted by Crippen LogP contribution is -2.38. The largest absolute Gasteiger partial charge is 0.478 e. The van der Waals surface area contributed by atoms with Crippen LogP contribution >= 0.6 is 0 Å². The average molecular weight is 437 g/mol. The Morgan fingerprint density at radius 3 is 2.48 bits per heavy atom. The van der Waals surface area contributed by atoms with Crippen molar-refractivity contribution in [2.24, 2.45) is 5.92 Å². The summed E-state index contributed by atoms with van der Waals surface area (Å²) in [5.74, 6) is -0.719. The zero-order valence-corrected chi connectivity index (χ0v) is 18.6. The highest BCUT2D eigenvalue weighted by Gasteiger charge is 2.77. The highest BCUT2D eigenvalue weighted by molar-refractivity contribution is 6.12. The van der Waals surface area contributed by atoms with Gasteiger partial charge in [-0.3, -0.25) is 4.79 Å². The van der Waals surface area contributed by atoms with Gasteiger partial charge in [-0.25, -0.2) is 4.79 Å². The summed E-state index contributed by atoms with van der Waals surface area (Å²) >= 11 is 0. The number of benzene rings is 3. The first-order valence-corrected chi connectivity index (χ1v) is 11.1. The van der Waals surface area contributed by atoms with E-state index in [0.29, 0.717) is 18.5 Å². The average Bonchev–Trinajstić information content (AvgIpc) is 3.49. The van der Waals surface area contributed by atoms with Crippen molar-refractivity contribution in [2.45, 2.75) is 37.6 Å². The SMILES string of the molecule is CC(C)C1(c2ccc(C#N)cc2)CC12C(=O)N(Cc1cccc(C(=O)O)c1)c1ccccc12. The highest BCUT2D eigenvalue weighted by atomic mass is 16.4. The molecule has 5 rings (SSSR count). The van der Waals surface area contributed by atoms with Crippen molar-refractivity contribution in [3.8, 4) is 6.07 Å². The Labute approximate surface area is 192 Å². The van der Waals surface area contributed by atoms with Gasteiger partial charge in [-0.15, -0.1) is 0 Å². The van der Waals surface area contributed by atoms with Gasteiger partial charge in [0, 0.05) is 11.1 Å². The standard InChI is InChI=1S/C28H24N2O3/c1-18(2)27(22-12-10-19(15-29)11-13-22)17-28(27)23-8-3-4-9-24(23)30(26(28)33)16-20-6-5-7-21(14-20)25(31)32/h3-14,18H,16-17H2,1-2H3,(H,31,32). The molecule has 1 fully saturated rings. The first kappa shape index (κ1) is 21.0. The van der Waals surface area contributed by atoms with Gasteiger partial charge in [0.2, 0.25) is 5.91 Å². The second kappa shape index (κ2) is 7.31. The second-order valence-corrected chi connectivity index (χ2v) is 9.31. The number of nitriles is 1. The zero-order valence-electron chi connectivity index (χ0n) is 18.6. The van der Waals surface area contributed by atoms with Crippen LogP contribution in [0.2, 0.25) is 0 Å². The minimum atomic E-state index is -0.983. The number of hydrogen-bond donors (Lipinski definition) is 1. The summed E-state index contributed by atoms with van der Waals surface area (Å²) in [6.07, 6.45) is 0.713. The zero-order chi connectivity index (χ0) is 23.4. The Kier molecular flexibility index (Phi) is 4.65. The summed E-state index contributed by atoms with van der Waals surface area (Å²) in [5.41, 5.74) is 3.58. The number of hydrogen-bond acceptors (Lipinski definition) is 3. The van der Waals surface area contributed by atoms with Crippen LogP contribution in [0, 0.1) is 17.2 Å². The lowest BCUT2D eigenvalue weighted by Gasteiger charge is -2.27. The van der Waals surface area contributed by atoms with Gasteiger partial charge in [0.15, 0.2) is 0 Å². The van der Waals surface area contributed by atoms with Crippen LogP contribution in [0.4, 0.5) is 5.69 Å². The van der Waals surface area contributed by atoms with Crippen LogP contribution in [0.3, 0.4) is 0 Å². The molecule has 2 unspecified atom stereocenters. The molecule has 1 saturated carbocycles. The highest BCUT2D eigenvalue weighted by Crippen LogP contribution is 2.73.